The van der Waals surface area contributed by atoms with Crippen molar-refractivity contribution < 1.29 is 5.11 Å². The Labute approximate surface area is 82.5 Å². The van der Waals surface area contributed by atoms with Crippen LogP contribution in [0, 0.1) is 0 Å². The maximum atomic E-state index is 9.71. The molecule has 2 rings (SSSR count). The van der Waals surface area contributed by atoms with Crippen molar-refractivity contribution in [1.82, 2.24) is 5.32 Å². The molecule has 13 heavy (non-hydrogen) atoms. The molecule has 0 radical (unpaired) electrons. The lowest BCUT2D eigenvalue weighted by molar-refractivity contribution is 0.467. The molecule has 0 aromatic heterocycles. The first-order valence-corrected chi connectivity index (χ1v) is 4.87. The summed E-state index contributed by atoms with van der Waals surface area (Å²) in [5, 5.41) is 13.5. The fourth-order valence-corrected chi connectivity index (χ4v) is 1.90. The number of hydrogen-bond acceptors (Lipinski definition) is 2. The van der Waals surface area contributed by atoms with Gasteiger partial charge in [-0.2, -0.15) is 0 Å². The van der Waals surface area contributed by atoms with Crippen LogP contribution in [0.25, 0.3) is 0 Å². The van der Waals surface area contributed by atoms with Gasteiger partial charge < -0.3 is 10.4 Å². The Bertz CT molecular complexity index is 325. The van der Waals surface area contributed by atoms with Crippen molar-refractivity contribution in [2.45, 2.75) is 12.8 Å². The second-order valence-electron chi connectivity index (χ2n) is 3.28. The van der Waals surface area contributed by atoms with Crippen LogP contribution in [0.4, 0.5) is 0 Å². The number of fused-ring (bicyclic) bond motifs is 1. The fourth-order valence-electron chi connectivity index (χ4n) is 1.72. The van der Waals surface area contributed by atoms with E-state index in [9.17, 15) is 5.11 Å². The van der Waals surface area contributed by atoms with Gasteiger partial charge in [0.1, 0.15) is 5.75 Å². The molecule has 0 unspecified atom stereocenters. The minimum absolute atomic E-state index is 0.267. The highest BCUT2D eigenvalue weighted by molar-refractivity contribution is 6.32. The molecule has 0 fully saturated rings. The highest BCUT2D eigenvalue weighted by atomic mass is 35.5. The fraction of sp³-hybridized carbons (Fsp3) is 0.400. The monoisotopic (exact) mass is 197 g/mol. The van der Waals surface area contributed by atoms with Gasteiger partial charge in [-0.3, -0.25) is 0 Å². The molecule has 1 heterocycles. The van der Waals surface area contributed by atoms with E-state index in [1.165, 1.54) is 5.56 Å². The predicted octanol–water partition coefficient (Wildman–Crippen LogP) is 1.73. The first-order chi connectivity index (χ1) is 6.29. The van der Waals surface area contributed by atoms with Crippen LogP contribution >= 0.6 is 11.6 Å². The van der Waals surface area contributed by atoms with Gasteiger partial charge in [-0.25, -0.2) is 0 Å². The lowest BCUT2D eigenvalue weighted by Crippen LogP contribution is -2.16. The van der Waals surface area contributed by atoms with Crippen molar-refractivity contribution in [3.63, 3.8) is 0 Å². The molecule has 1 aliphatic rings. The molecule has 0 saturated heterocycles. The lowest BCUT2D eigenvalue weighted by Gasteiger charge is -2.08. The van der Waals surface area contributed by atoms with Crippen LogP contribution in [-0.2, 0) is 12.8 Å². The summed E-state index contributed by atoms with van der Waals surface area (Å²) < 4.78 is 0. The van der Waals surface area contributed by atoms with Crippen LogP contribution in [-0.4, -0.2) is 18.2 Å². The van der Waals surface area contributed by atoms with Crippen LogP contribution in [0.5, 0.6) is 5.75 Å². The smallest absolute Gasteiger partial charge is 0.137 e. The van der Waals surface area contributed by atoms with Gasteiger partial charge in [-0.1, -0.05) is 17.7 Å². The molecule has 0 aliphatic carbocycles. The zero-order valence-electron chi connectivity index (χ0n) is 7.31. The molecule has 0 spiro atoms. The number of phenols is 1. The highest BCUT2D eigenvalue weighted by Gasteiger charge is 2.13. The maximum Gasteiger partial charge on any atom is 0.137 e. The SMILES string of the molecule is Oc1c(Cl)ccc2c1CCNCC2. The van der Waals surface area contributed by atoms with E-state index in [-0.39, 0.29) is 5.75 Å². The number of phenolic OH excluding ortho intramolecular Hbond substituents is 1. The summed E-state index contributed by atoms with van der Waals surface area (Å²) in [7, 11) is 0. The van der Waals surface area contributed by atoms with E-state index >= 15 is 0 Å². The maximum absolute atomic E-state index is 9.71. The Morgan fingerprint density at radius 3 is 2.85 bits per heavy atom. The largest absolute Gasteiger partial charge is 0.506 e. The third-order valence-corrected chi connectivity index (χ3v) is 2.76. The summed E-state index contributed by atoms with van der Waals surface area (Å²) in [4.78, 5) is 0. The van der Waals surface area contributed by atoms with Gasteiger partial charge in [-0.05, 0) is 43.1 Å². The van der Waals surface area contributed by atoms with E-state index in [1.807, 2.05) is 6.07 Å². The van der Waals surface area contributed by atoms with Crippen molar-refractivity contribution in [3.05, 3.63) is 28.3 Å². The van der Waals surface area contributed by atoms with Crippen LogP contribution in [0.2, 0.25) is 5.02 Å². The van der Waals surface area contributed by atoms with Crippen LogP contribution in [0.15, 0.2) is 12.1 Å². The van der Waals surface area contributed by atoms with Crippen molar-refractivity contribution >= 4 is 11.6 Å². The second-order valence-corrected chi connectivity index (χ2v) is 3.69. The molecular weight excluding hydrogens is 186 g/mol. The molecular formula is C10H12ClNO. The van der Waals surface area contributed by atoms with E-state index in [0.29, 0.717) is 5.02 Å². The van der Waals surface area contributed by atoms with Crippen LogP contribution in [0.1, 0.15) is 11.1 Å². The standard InChI is InChI=1S/C10H12ClNO/c11-9-2-1-7-3-5-12-6-4-8(7)10(9)13/h1-2,12-13H,3-6H2. The molecule has 1 aromatic carbocycles. The van der Waals surface area contributed by atoms with Crippen molar-refractivity contribution in [3.8, 4) is 5.75 Å². The topological polar surface area (TPSA) is 32.3 Å². The van der Waals surface area contributed by atoms with E-state index in [2.05, 4.69) is 5.32 Å². The van der Waals surface area contributed by atoms with E-state index in [1.54, 1.807) is 6.07 Å². The van der Waals surface area contributed by atoms with Gasteiger partial charge in [0, 0.05) is 0 Å². The number of hydrogen-bond donors (Lipinski definition) is 2. The number of halogens is 1. The van der Waals surface area contributed by atoms with Gasteiger partial charge in [0.25, 0.3) is 0 Å². The summed E-state index contributed by atoms with van der Waals surface area (Å²) in [6.07, 6.45) is 1.84. The quantitative estimate of drug-likeness (QED) is 0.664. The van der Waals surface area contributed by atoms with E-state index in [0.717, 1.165) is 31.5 Å². The summed E-state index contributed by atoms with van der Waals surface area (Å²) in [5.41, 5.74) is 2.23. The normalized spacial score (nSPS) is 16.4. The molecule has 0 bridgehead atoms. The van der Waals surface area contributed by atoms with Gasteiger partial charge in [-0.15, -0.1) is 0 Å². The number of rotatable bonds is 0. The lowest BCUT2D eigenvalue weighted by atomic mass is 10.0. The molecule has 2 nitrogen and oxygen atoms in total. The van der Waals surface area contributed by atoms with Gasteiger partial charge in [0.2, 0.25) is 0 Å². The number of aromatic hydroxyl groups is 1. The summed E-state index contributed by atoms with van der Waals surface area (Å²) >= 11 is 5.83. The Balaban J connectivity index is 2.48. The van der Waals surface area contributed by atoms with Gasteiger partial charge in [0.15, 0.2) is 0 Å². The first kappa shape index (κ1) is 8.85. The third-order valence-electron chi connectivity index (χ3n) is 2.45. The van der Waals surface area contributed by atoms with Gasteiger partial charge >= 0.3 is 0 Å². The van der Waals surface area contributed by atoms with Gasteiger partial charge in [0.05, 0.1) is 5.02 Å². The zero-order valence-corrected chi connectivity index (χ0v) is 8.06. The van der Waals surface area contributed by atoms with Crippen LogP contribution in [0.3, 0.4) is 0 Å². The van der Waals surface area contributed by atoms with Crippen LogP contribution < -0.4 is 5.32 Å². The zero-order chi connectivity index (χ0) is 9.26. The molecule has 0 saturated carbocycles. The highest BCUT2D eigenvalue weighted by Crippen LogP contribution is 2.31. The summed E-state index contributed by atoms with van der Waals surface area (Å²) in [6.45, 7) is 1.90. The van der Waals surface area contributed by atoms with Crippen molar-refractivity contribution in [1.29, 1.82) is 0 Å². The molecule has 3 heteroatoms. The minimum atomic E-state index is 0.267. The van der Waals surface area contributed by atoms with E-state index < -0.39 is 0 Å². The molecule has 0 amide bonds. The Morgan fingerprint density at radius 1 is 1.23 bits per heavy atom. The average Bonchev–Trinajstić information content (AvgIpc) is 2.36. The Hall–Kier alpha value is -0.730. The Kier molecular flexibility index (Phi) is 2.42. The second kappa shape index (κ2) is 3.56. The molecule has 0 atom stereocenters. The summed E-state index contributed by atoms with van der Waals surface area (Å²) in [5.74, 6) is 0.267. The molecule has 1 aliphatic heterocycles. The van der Waals surface area contributed by atoms with E-state index in [4.69, 9.17) is 11.6 Å². The number of benzene rings is 1. The van der Waals surface area contributed by atoms with Crippen molar-refractivity contribution in [2.24, 2.45) is 0 Å². The summed E-state index contributed by atoms with van der Waals surface area (Å²) in [6, 6.07) is 3.77. The minimum Gasteiger partial charge on any atom is -0.506 e. The predicted molar refractivity (Wildman–Crippen MR) is 53.4 cm³/mol. The number of nitrogens with one attached hydrogen (secondary N) is 1. The first-order valence-electron chi connectivity index (χ1n) is 4.49. The average molecular weight is 198 g/mol. The molecule has 1 aromatic rings. The third kappa shape index (κ3) is 1.64. The van der Waals surface area contributed by atoms with Crippen molar-refractivity contribution in [2.75, 3.05) is 13.1 Å². The Morgan fingerprint density at radius 2 is 2.00 bits per heavy atom. The molecule has 70 valence electrons. The molecule has 2 N–H and O–H groups in total.